The maximum Gasteiger partial charge on any atom is 0.337 e. The van der Waals surface area contributed by atoms with Crippen LogP contribution in [0.15, 0.2) is 0 Å². The van der Waals surface area contributed by atoms with E-state index in [0.717, 1.165) is 32.1 Å². The number of hydrogen-bond acceptors (Lipinski definition) is 4. The number of carbonyl (C=O) groups excluding carboxylic acids is 3. The number of nitrogens with zero attached hydrogens (tertiary/aromatic N) is 3. The summed E-state index contributed by atoms with van der Waals surface area (Å²) in [6.45, 7) is 4.30. The SMILES string of the molecule is CCC(C)NC(=O)CCN1C(=O)C2CCCCC2N2C(=O)N(C)NC12. The van der Waals surface area contributed by atoms with Gasteiger partial charge in [0.25, 0.3) is 0 Å². The summed E-state index contributed by atoms with van der Waals surface area (Å²) in [6.07, 6.45) is 4.40. The second kappa shape index (κ2) is 7.19. The lowest BCUT2D eigenvalue weighted by Crippen LogP contribution is -2.66. The molecule has 3 fully saturated rings. The lowest BCUT2D eigenvalue weighted by Gasteiger charge is -2.48. The van der Waals surface area contributed by atoms with Crippen LogP contribution in [0.5, 0.6) is 0 Å². The molecule has 2 aliphatic heterocycles. The first-order chi connectivity index (χ1) is 11.9. The van der Waals surface area contributed by atoms with Gasteiger partial charge < -0.3 is 10.2 Å². The van der Waals surface area contributed by atoms with Crippen LogP contribution in [0.25, 0.3) is 0 Å². The van der Waals surface area contributed by atoms with Crippen LogP contribution in [0, 0.1) is 5.92 Å². The van der Waals surface area contributed by atoms with Crippen LogP contribution in [0.2, 0.25) is 0 Å². The van der Waals surface area contributed by atoms with Crippen molar-refractivity contribution >= 4 is 17.8 Å². The summed E-state index contributed by atoms with van der Waals surface area (Å²) in [5.41, 5.74) is 3.08. The molecule has 0 spiro atoms. The van der Waals surface area contributed by atoms with Crippen molar-refractivity contribution in [1.29, 1.82) is 0 Å². The van der Waals surface area contributed by atoms with Gasteiger partial charge in [-0.15, -0.1) is 0 Å². The largest absolute Gasteiger partial charge is 0.354 e. The maximum atomic E-state index is 13.0. The van der Waals surface area contributed by atoms with Crippen LogP contribution in [0.3, 0.4) is 0 Å². The molecular formula is C17H29N5O3. The smallest absolute Gasteiger partial charge is 0.337 e. The second-order valence-corrected chi connectivity index (χ2v) is 7.37. The molecule has 0 aromatic rings. The first-order valence-corrected chi connectivity index (χ1v) is 9.36. The van der Waals surface area contributed by atoms with Gasteiger partial charge in [-0.05, 0) is 26.2 Å². The van der Waals surface area contributed by atoms with E-state index < -0.39 is 6.29 Å². The molecule has 0 aromatic heterocycles. The van der Waals surface area contributed by atoms with E-state index >= 15 is 0 Å². The third-order valence-corrected chi connectivity index (χ3v) is 5.66. The molecule has 1 saturated carbocycles. The normalized spacial score (nSPS) is 30.2. The highest BCUT2D eigenvalue weighted by atomic mass is 16.2. The summed E-state index contributed by atoms with van der Waals surface area (Å²) < 4.78 is 0. The van der Waals surface area contributed by atoms with Gasteiger partial charge in [-0.1, -0.05) is 19.8 Å². The molecule has 2 heterocycles. The maximum absolute atomic E-state index is 13.0. The summed E-state index contributed by atoms with van der Waals surface area (Å²) in [5, 5.41) is 4.37. The minimum Gasteiger partial charge on any atom is -0.354 e. The molecule has 2 N–H and O–H groups in total. The van der Waals surface area contributed by atoms with Gasteiger partial charge >= 0.3 is 6.03 Å². The topological polar surface area (TPSA) is 85.0 Å². The standard InChI is InChI=1S/C17H29N5O3/c1-4-11(2)18-14(23)9-10-21-15(24)12-7-5-6-8-13(12)22-16(21)19-20(3)17(22)25/h11-13,16,19H,4-10H2,1-3H3,(H,18,23). The Morgan fingerprint density at radius 3 is 2.76 bits per heavy atom. The zero-order chi connectivity index (χ0) is 18.1. The molecule has 4 amide bonds. The average Bonchev–Trinajstić information content (AvgIpc) is 2.89. The number of hydrazine groups is 1. The van der Waals surface area contributed by atoms with Crippen molar-refractivity contribution in [2.45, 2.75) is 70.7 Å². The van der Waals surface area contributed by atoms with Crippen LogP contribution in [-0.4, -0.2) is 64.6 Å². The fourth-order valence-electron chi connectivity index (χ4n) is 4.08. The van der Waals surface area contributed by atoms with Crippen molar-refractivity contribution in [3.05, 3.63) is 0 Å². The second-order valence-electron chi connectivity index (χ2n) is 7.37. The number of amides is 4. The third kappa shape index (κ3) is 3.31. The number of rotatable bonds is 5. The van der Waals surface area contributed by atoms with Gasteiger partial charge in [0.2, 0.25) is 11.8 Å². The predicted molar refractivity (Wildman–Crippen MR) is 91.9 cm³/mol. The van der Waals surface area contributed by atoms with Crippen molar-refractivity contribution < 1.29 is 14.4 Å². The summed E-state index contributed by atoms with van der Waals surface area (Å²) >= 11 is 0. The Morgan fingerprint density at radius 2 is 2.04 bits per heavy atom. The Hall–Kier alpha value is -1.83. The van der Waals surface area contributed by atoms with E-state index in [1.807, 2.05) is 13.8 Å². The molecular weight excluding hydrogens is 322 g/mol. The van der Waals surface area contributed by atoms with Crippen molar-refractivity contribution in [3.8, 4) is 0 Å². The quantitative estimate of drug-likeness (QED) is 0.769. The highest BCUT2D eigenvalue weighted by Crippen LogP contribution is 2.37. The molecule has 4 atom stereocenters. The molecule has 2 saturated heterocycles. The minimum atomic E-state index is -0.472. The van der Waals surface area contributed by atoms with E-state index in [0.29, 0.717) is 6.54 Å². The van der Waals surface area contributed by atoms with Crippen LogP contribution < -0.4 is 10.7 Å². The van der Waals surface area contributed by atoms with Gasteiger partial charge in [-0.25, -0.2) is 4.79 Å². The molecule has 0 aromatic carbocycles. The van der Waals surface area contributed by atoms with E-state index in [2.05, 4.69) is 10.7 Å². The van der Waals surface area contributed by atoms with E-state index in [1.165, 1.54) is 5.01 Å². The van der Waals surface area contributed by atoms with E-state index in [9.17, 15) is 14.4 Å². The van der Waals surface area contributed by atoms with Crippen molar-refractivity contribution in [1.82, 2.24) is 25.6 Å². The Kier molecular flexibility index (Phi) is 5.17. The number of urea groups is 1. The monoisotopic (exact) mass is 351 g/mol. The Bertz CT molecular complexity index is 554. The molecule has 3 rings (SSSR count). The predicted octanol–water partition coefficient (Wildman–Crippen LogP) is 0.848. The Balaban J connectivity index is 1.72. The highest BCUT2D eigenvalue weighted by Gasteiger charge is 2.53. The average molecular weight is 351 g/mol. The molecule has 25 heavy (non-hydrogen) atoms. The van der Waals surface area contributed by atoms with Crippen LogP contribution >= 0.6 is 0 Å². The molecule has 140 valence electrons. The third-order valence-electron chi connectivity index (χ3n) is 5.66. The van der Waals surface area contributed by atoms with Gasteiger partial charge in [0, 0.05) is 32.1 Å². The number of carbonyl (C=O) groups is 3. The zero-order valence-corrected chi connectivity index (χ0v) is 15.3. The first-order valence-electron chi connectivity index (χ1n) is 9.36. The van der Waals surface area contributed by atoms with Crippen LogP contribution in [0.1, 0.15) is 52.4 Å². The molecule has 0 radical (unpaired) electrons. The lowest BCUT2D eigenvalue weighted by atomic mass is 9.81. The molecule has 4 unspecified atom stereocenters. The van der Waals surface area contributed by atoms with Gasteiger partial charge in [-0.3, -0.25) is 19.5 Å². The van der Waals surface area contributed by atoms with Crippen molar-refractivity contribution in [3.63, 3.8) is 0 Å². The van der Waals surface area contributed by atoms with Crippen molar-refractivity contribution in [2.75, 3.05) is 13.6 Å². The highest BCUT2D eigenvalue weighted by molar-refractivity contribution is 5.86. The van der Waals surface area contributed by atoms with Gasteiger partial charge in [0.1, 0.15) is 0 Å². The number of hydrogen-bond donors (Lipinski definition) is 2. The summed E-state index contributed by atoms with van der Waals surface area (Å²) in [4.78, 5) is 41.1. The summed E-state index contributed by atoms with van der Waals surface area (Å²) in [7, 11) is 1.68. The van der Waals surface area contributed by atoms with Gasteiger partial charge in [-0.2, -0.15) is 5.43 Å². The van der Waals surface area contributed by atoms with Gasteiger partial charge in [0.15, 0.2) is 6.29 Å². The van der Waals surface area contributed by atoms with E-state index in [1.54, 1.807) is 16.8 Å². The Morgan fingerprint density at radius 1 is 1.32 bits per heavy atom. The zero-order valence-electron chi connectivity index (χ0n) is 15.3. The van der Waals surface area contributed by atoms with Gasteiger partial charge in [0.05, 0.1) is 5.92 Å². The van der Waals surface area contributed by atoms with E-state index in [4.69, 9.17) is 0 Å². The van der Waals surface area contributed by atoms with Crippen molar-refractivity contribution in [2.24, 2.45) is 5.92 Å². The fraction of sp³-hybridized carbons (Fsp3) is 0.824. The fourth-order valence-corrected chi connectivity index (χ4v) is 4.08. The lowest BCUT2D eigenvalue weighted by molar-refractivity contribution is -0.156. The van der Waals surface area contributed by atoms with Crippen LogP contribution in [-0.2, 0) is 9.59 Å². The van der Waals surface area contributed by atoms with Crippen LogP contribution in [0.4, 0.5) is 4.79 Å². The summed E-state index contributed by atoms with van der Waals surface area (Å²) in [5.74, 6) is -0.130. The molecule has 0 bridgehead atoms. The molecule has 8 nitrogen and oxygen atoms in total. The minimum absolute atomic E-state index is 0.0265. The molecule has 1 aliphatic carbocycles. The first kappa shape index (κ1) is 18.0. The Labute approximate surface area is 148 Å². The molecule has 3 aliphatic rings. The number of nitrogens with one attached hydrogen (secondary N) is 2. The number of fused-ring (bicyclic) bond motifs is 3. The molecule has 8 heteroatoms. The summed E-state index contributed by atoms with van der Waals surface area (Å²) in [6, 6.07) is 0.00550. The van der Waals surface area contributed by atoms with E-state index in [-0.39, 0.29) is 42.3 Å².